The van der Waals surface area contributed by atoms with Gasteiger partial charge in [0, 0.05) is 23.4 Å². The number of carbonyl (C=O) groups is 1. The van der Waals surface area contributed by atoms with Crippen molar-refractivity contribution in [1.29, 1.82) is 0 Å². The molecule has 0 unspecified atom stereocenters. The van der Waals surface area contributed by atoms with E-state index in [1.165, 1.54) is 35.0 Å². The van der Waals surface area contributed by atoms with Crippen LogP contribution in [0.15, 0.2) is 66.2 Å². The molecule has 0 radical (unpaired) electrons. The number of thiophene rings is 1. The smallest absolute Gasteiger partial charge is 0.266 e. The Balaban J connectivity index is 1.17. The third kappa shape index (κ3) is 4.57. The molecule has 1 N–H and O–H groups in total. The highest BCUT2D eigenvalue weighted by molar-refractivity contribution is 7.12. The Hall–Kier alpha value is -3.45. The van der Waals surface area contributed by atoms with Gasteiger partial charge in [-0.3, -0.25) is 9.48 Å². The van der Waals surface area contributed by atoms with E-state index in [0.29, 0.717) is 29.4 Å². The van der Waals surface area contributed by atoms with E-state index in [4.69, 9.17) is 4.74 Å². The number of hydrogen-bond donors (Lipinski definition) is 1. The lowest BCUT2D eigenvalue weighted by molar-refractivity contribution is 0.103. The number of aryl methyl sites for hydroxylation is 2. The van der Waals surface area contributed by atoms with Gasteiger partial charge in [-0.2, -0.15) is 5.10 Å². The maximum atomic E-state index is 13.8. The molecule has 0 atom stereocenters. The second-order valence-corrected chi connectivity index (χ2v) is 8.75. The molecule has 7 heteroatoms. The molecule has 1 aliphatic rings. The SMILES string of the molecule is O=C(Nc1ccn(Cc2ccccc2F)n1)c1cc(COc2ccc3c(c2)CCC3)cs1. The Morgan fingerprint density at radius 1 is 1.12 bits per heavy atom. The summed E-state index contributed by atoms with van der Waals surface area (Å²) in [4.78, 5) is 13.2. The Morgan fingerprint density at radius 3 is 2.91 bits per heavy atom. The highest BCUT2D eigenvalue weighted by Crippen LogP contribution is 2.27. The summed E-state index contributed by atoms with van der Waals surface area (Å²) in [7, 11) is 0. The summed E-state index contributed by atoms with van der Waals surface area (Å²) < 4.78 is 21.3. The van der Waals surface area contributed by atoms with E-state index >= 15 is 0 Å². The largest absolute Gasteiger partial charge is 0.489 e. The fourth-order valence-corrected chi connectivity index (χ4v) is 4.66. The molecule has 0 bridgehead atoms. The third-order valence-corrected chi connectivity index (χ3v) is 6.50. The number of halogens is 1. The van der Waals surface area contributed by atoms with E-state index < -0.39 is 0 Å². The molecule has 2 heterocycles. The van der Waals surface area contributed by atoms with E-state index in [1.807, 2.05) is 17.5 Å². The summed E-state index contributed by atoms with van der Waals surface area (Å²) in [5.41, 5.74) is 4.29. The van der Waals surface area contributed by atoms with Crippen LogP contribution in [-0.2, 0) is 26.0 Å². The summed E-state index contributed by atoms with van der Waals surface area (Å²) in [6.07, 6.45) is 5.20. The lowest BCUT2D eigenvalue weighted by atomic mass is 10.1. The first-order valence-electron chi connectivity index (χ1n) is 10.5. The number of amides is 1. The number of fused-ring (bicyclic) bond motifs is 1. The monoisotopic (exact) mass is 447 g/mol. The molecule has 4 aromatic rings. The van der Waals surface area contributed by atoms with E-state index in [9.17, 15) is 9.18 Å². The van der Waals surface area contributed by atoms with Crippen molar-refractivity contribution < 1.29 is 13.9 Å². The third-order valence-electron chi connectivity index (χ3n) is 5.53. The van der Waals surface area contributed by atoms with Crippen LogP contribution < -0.4 is 10.1 Å². The molecule has 0 fully saturated rings. The van der Waals surface area contributed by atoms with Crippen LogP contribution in [0.3, 0.4) is 0 Å². The number of carbonyl (C=O) groups excluding carboxylic acids is 1. The Kier molecular flexibility index (Phi) is 5.73. The standard InChI is InChI=1S/C25H22FN3O2S/c26-22-7-2-1-4-20(22)14-29-11-10-24(28-29)27-25(30)23-12-17(16-32-23)15-31-21-9-8-18-5-3-6-19(18)13-21/h1-2,4,7-13,16H,3,5-6,14-15H2,(H,27,28,30). The summed E-state index contributed by atoms with van der Waals surface area (Å²) in [5, 5.41) is 9.05. The Bertz CT molecular complexity index is 1260. The van der Waals surface area contributed by atoms with Gasteiger partial charge in [0.15, 0.2) is 5.82 Å². The minimum Gasteiger partial charge on any atom is -0.489 e. The quantitative estimate of drug-likeness (QED) is 0.410. The summed E-state index contributed by atoms with van der Waals surface area (Å²) in [6, 6.07) is 16.4. The first-order valence-corrected chi connectivity index (χ1v) is 11.4. The number of nitrogens with one attached hydrogen (secondary N) is 1. The van der Waals surface area contributed by atoms with Crippen LogP contribution in [-0.4, -0.2) is 15.7 Å². The predicted molar refractivity (Wildman–Crippen MR) is 123 cm³/mol. The zero-order chi connectivity index (χ0) is 21.9. The molecule has 0 spiro atoms. The number of anilines is 1. The van der Waals surface area contributed by atoms with Crippen molar-refractivity contribution in [3.8, 4) is 5.75 Å². The Morgan fingerprint density at radius 2 is 2.00 bits per heavy atom. The molecule has 0 aliphatic heterocycles. The maximum absolute atomic E-state index is 13.8. The second-order valence-electron chi connectivity index (χ2n) is 7.84. The molecular weight excluding hydrogens is 425 g/mol. The van der Waals surface area contributed by atoms with Crippen molar-refractivity contribution >= 4 is 23.1 Å². The summed E-state index contributed by atoms with van der Waals surface area (Å²) >= 11 is 1.37. The first kappa shape index (κ1) is 20.5. The van der Waals surface area contributed by atoms with Crippen LogP contribution in [0.2, 0.25) is 0 Å². The lowest BCUT2D eigenvalue weighted by Gasteiger charge is -2.07. The molecular formula is C25H22FN3O2S. The Labute approximate surface area is 189 Å². The fourth-order valence-electron chi connectivity index (χ4n) is 3.87. The average Bonchev–Trinajstić information content (AvgIpc) is 3.54. The van der Waals surface area contributed by atoms with E-state index in [1.54, 1.807) is 35.1 Å². The van der Waals surface area contributed by atoms with Crippen molar-refractivity contribution in [3.63, 3.8) is 0 Å². The van der Waals surface area contributed by atoms with Crippen molar-refractivity contribution in [2.24, 2.45) is 0 Å². The van der Waals surface area contributed by atoms with E-state index in [0.717, 1.165) is 24.2 Å². The number of hydrogen-bond acceptors (Lipinski definition) is 4. The van der Waals surface area contributed by atoms with Crippen LogP contribution in [0, 0.1) is 5.82 Å². The van der Waals surface area contributed by atoms with Gasteiger partial charge in [0.2, 0.25) is 0 Å². The summed E-state index contributed by atoms with van der Waals surface area (Å²) in [5.74, 6) is 0.788. The minimum atomic E-state index is -0.276. The van der Waals surface area contributed by atoms with Gasteiger partial charge in [-0.15, -0.1) is 11.3 Å². The highest BCUT2D eigenvalue weighted by Gasteiger charge is 2.14. The van der Waals surface area contributed by atoms with Gasteiger partial charge in [-0.25, -0.2) is 4.39 Å². The highest BCUT2D eigenvalue weighted by atomic mass is 32.1. The average molecular weight is 448 g/mol. The number of rotatable bonds is 7. The molecule has 0 saturated carbocycles. The molecule has 32 heavy (non-hydrogen) atoms. The molecule has 2 aromatic carbocycles. The van der Waals surface area contributed by atoms with Gasteiger partial charge >= 0.3 is 0 Å². The van der Waals surface area contributed by atoms with Crippen LogP contribution in [0.1, 0.15) is 38.3 Å². The fraction of sp³-hybridized carbons (Fsp3) is 0.200. The molecule has 2 aromatic heterocycles. The van der Waals surface area contributed by atoms with E-state index in [2.05, 4.69) is 22.5 Å². The number of benzene rings is 2. The first-order chi connectivity index (χ1) is 15.6. The normalized spacial score (nSPS) is 12.5. The molecule has 162 valence electrons. The van der Waals surface area contributed by atoms with Gasteiger partial charge in [0.1, 0.15) is 18.2 Å². The molecule has 5 rings (SSSR count). The number of ether oxygens (including phenoxy) is 1. The molecule has 5 nitrogen and oxygen atoms in total. The van der Waals surface area contributed by atoms with E-state index in [-0.39, 0.29) is 11.7 Å². The van der Waals surface area contributed by atoms with Gasteiger partial charge in [0.25, 0.3) is 5.91 Å². The minimum absolute atomic E-state index is 0.227. The van der Waals surface area contributed by atoms with Crippen LogP contribution >= 0.6 is 11.3 Å². The van der Waals surface area contributed by atoms with Crippen LogP contribution in [0.25, 0.3) is 0 Å². The van der Waals surface area contributed by atoms with Gasteiger partial charge in [0.05, 0.1) is 11.4 Å². The van der Waals surface area contributed by atoms with Crippen LogP contribution in [0.4, 0.5) is 10.2 Å². The topological polar surface area (TPSA) is 56.2 Å². The molecule has 1 amide bonds. The van der Waals surface area contributed by atoms with Gasteiger partial charge < -0.3 is 10.1 Å². The second kappa shape index (κ2) is 8.96. The van der Waals surface area contributed by atoms with Crippen molar-refractivity contribution in [1.82, 2.24) is 9.78 Å². The predicted octanol–water partition coefficient (Wildman–Crippen LogP) is 5.45. The van der Waals surface area contributed by atoms with Crippen molar-refractivity contribution in [3.05, 3.63) is 99.1 Å². The van der Waals surface area contributed by atoms with Crippen molar-refractivity contribution in [2.75, 3.05) is 5.32 Å². The maximum Gasteiger partial charge on any atom is 0.266 e. The zero-order valence-corrected chi connectivity index (χ0v) is 18.2. The number of aromatic nitrogens is 2. The molecule has 1 aliphatic carbocycles. The number of nitrogens with zero attached hydrogens (tertiary/aromatic N) is 2. The van der Waals surface area contributed by atoms with Gasteiger partial charge in [-0.05, 0) is 60.0 Å². The zero-order valence-electron chi connectivity index (χ0n) is 17.4. The lowest BCUT2D eigenvalue weighted by Crippen LogP contribution is -2.11. The molecule has 0 saturated heterocycles. The summed E-state index contributed by atoms with van der Waals surface area (Å²) in [6.45, 7) is 0.714. The van der Waals surface area contributed by atoms with Crippen LogP contribution in [0.5, 0.6) is 5.75 Å². The van der Waals surface area contributed by atoms with Crippen molar-refractivity contribution in [2.45, 2.75) is 32.4 Å². The van der Waals surface area contributed by atoms with Gasteiger partial charge in [-0.1, -0.05) is 24.3 Å².